The zero-order valence-corrected chi connectivity index (χ0v) is 18.5. The van der Waals surface area contributed by atoms with Crippen LogP contribution in [-0.2, 0) is 19.9 Å². The van der Waals surface area contributed by atoms with Crippen LogP contribution in [0.15, 0.2) is 36.4 Å². The van der Waals surface area contributed by atoms with E-state index in [-0.39, 0.29) is 17.8 Å². The Bertz CT molecular complexity index is 964. The number of methoxy groups -OCH3 is 1. The Labute approximate surface area is 187 Å². The highest BCUT2D eigenvalue weighted by molar-refractivity contribution is 5.67. The maximum atomic E-state index is 13.9. The van der Waals surface area contributed by atoms with Crippen molar-refractivity contribution in [3.8, 4) is 17.2 Å². The molecule has 2 aromatic rings. The van der Waals surface area contributed by atoms with E-state index in [2.05, 4.69) is 0 Å². The van der Waals surface area contributed by atoms with Gasteiger partial charge in [0, 0.05) is 18.7 Å². The van der Waals surface area contributed by atoms with Gasteiger partial charge in [-0.3, -0.25) is 0 Å². The molecule has 172 valence electrons. The molecule has 7 heteroatoms. The lowest BCUT2D eigenvalue weighted by Gasteiger charge is -2.53. The van der Waals surface area contributed by atoms with Crippen LogP contribution in [-0.4, -0.2) is 38.0 Å². The molecule has 0 spiro atoms. The van der Waals surface area contributed by atoms with Gasteiger partial charge in [0.05, 0.1) is 19.3 Å². The molecule has 3 aliphatic rings. The molecule has 2 aliphatic heterocycles. The molecular formula is C25H29FO6. The Morgan fingerprint density at radius 3 is 2.47 bits per heavy atom. The molecule has 2 heterocycles. The summed E-state index contributed by atoms with van der Waals surface area (Å²) in [5.41, 5.74) is 1.19. The number of benzene rings is 2. The summed E-state index contributed by atoms with van der Waals surface area (Å²) < 4.78 is 37.1. The fraction of sp³-hybridized carbons (Fsp3) is 0.480. The Kier molecular flexibility index (Phi) is 6.40. The number of aliphatic carboxylic acids is 1. The second kappa shape index (κ2) is 9.08. The number of carboxylic acids is 1. The molecule has 32 heavy (non-hydrogen) atoms. The van der Waals surface area contributed by atoms with Crippen LogP contribution in [0.25, 0.3) is 0 Å². The highest BCUT2D eigenvalue weighted by Gasteiger charge is 2.50. The first-order chi connectivity index (χ1) is 15.3. The number of hydrogen-bond acceptors (Lipinski definition) is 5. The minimum atomic E-state index is -0.950. The number of aryl methyl sites for hydroxylation is 1. The van der Waals surface area contributed by atoms with Crippen molar-refractivity contribution in [2.45, 2.75) is 44.6 Å². The molecule has 5 rings (SSSR count). The number of halogens is 1. The Morgan fingerprint density at radius 1 is 1.09 bits per heavy atom. The summed E-state index contributed by atoms with van der Waals surface area (Å²) in [6, 6.07) is 10.5. The molecule has 6 nitrogen and oxygen atoms in total. The summed E-state index contributed by atoms with van der Waals surface area (Å²) >= 11 is 0. The third-order valence-corrected chi connectivity index (χ3v) is 6.80. The monoisotopic (exact) mass is 444 g/mol. The quantitative estimate of drug-likeness (QED) is 0.535. The van der Waals surface area contributed by atoms with Crippen LogP contribution in [0.5, 0.6) is 17.2 Å². The summed E-state index contributed by atoms with van der Waals surface area (Å²) in [6.07, 6.45) is 4.48. The van der Waals surface area contributed by atoms with Gasteiger partial charge in [0.1, 0.15) is 29.7 Å². The average molecular weight is 444 g/mol. The van der Waals surface area contributed by atoms with Crippen LogP contribution in [0.3, 0.4) is 0 Å². The fourth-order valence-electron chi connectivity index (χ4n) is 4.69. The van der Waals surface area contributed by atoms with Crippen molar-refractivity contribution >= 4 is 5.97 Å². The summed E-state index contributed by atoms with van der Waals surface area (Å²) in [5.74, 6) is 0.404. The molecule has 2 saturated heterocycles. The van der Waals surface area contributed by atoms with Gasteiger partial charge in [-0.25, -0.2) is 9.18 Å². The number of carboxylic acid groups (broad SMARTS) is 1. The Balaban J connectivity index is 1.49. The molecule has 0 atom stereocenters. The van der Waals surface area contributed by atoms with Crippen LogP contribution < -0.4 is 9.47 Å². The van der Waals surface area contributed by atoms with E-state index in [1.165, 1.54) is 6.07 Å². The smallest absolute Gasteiger partial charge is 0.329 e. The van der Waals surface area contributed by atoms with Crippen molar-refractivity contribution in [1.82, 2.24) is 0 Å². The van der Waals surface area contributed by atoms with Crippen molar-refractivity contribution in [1.29, 1.82) is 0 Å². The minimum absolute atomic E-state index is 0.0396. The third-order valence-electron chi connectivity index (χ3n) is 6.80. The maximum absolute atomic E-state index is 13.9. The van der Waals surface area contributed by atoms with E-state index in [0.29, 0.717) is 36.0 Å². The molecule has 1 aliphatic carbocycles. The predicted octanol–water partition coefficient (Wildman–Crippen LogP) is 5.21. The maximum Gasteiger partial charge on any atom is 0.329 e. The molecular weight excluding hydrogens is 415 g/mol. The van der Waals surface area contributed by atoms with Crippen molar-refractivity contribution in [2.24, 2.45) is 5.41 Å². The highest BCUT2D eigenvalue weighted by Crippen LogP contribution is 2.55. The van der Waals surface area contributed by atoms with E-state index in [1.807, 2.05) is 12.1 Å². The number of hydrogen-bond donors (Lipinski definition) is 1. The van der Waals surface area contributed by atoms with Crippen LogP contribution in [0, 0.1) is 18.2 Å². The molecule has 1 saturated carbocycles. The predicted molar refractivity (Wildman–Crippen MR) is 116 cm³/mol. The average Bonchev–Trinajstić information content (AvgIpc) is 2.80. The molecule has 1 N–H and O–H groups in total. The number of carbonyl (C=O) groups is 1. The van der Waals surface area contributed by atoms with Crippen molar-refractivity contribution in [2.75, 3.05) is 26.9 Å². The Hall–Kier alpha value is -2.64. The second-order valence-corrected chi connectivity index (χ2v) is 8.89. The third kappa shape index (κ3) is 4.74. The van der Waals surface area contributed by atoms with Gasteiger partial charge in [0.2, 0.25) is 0 Å². The van der Waals surface area contributed by atoms with Gasteiger partial charge in [0.25, 0.3) is 0 Å². The minimum Gasteiger partial charge on any atom is -0.497 e. The van der Waals surface area contributed by atoms with Crippen molar-refractivity contribution in [3.63, 3.8) is 0 Å². The second-order valence-electron chi connectivity index (χ2n) is 8.89. The first-order valence-electron chi connectivity index (χ1n) is 10.9. The fourth-order valence-corrected chi connectivity index (χ4v) is 4.69. The van der Waals surface area contributed by atoms with E-state index in [1.54, 1.807) is 32.2 Å². The topological polar surface area (TPSA) is 74.2 Å². The van der Waals surface area contributed by atoms with Gasteiger partial charge in [-0.1, -0.05) is 6.07 Å². The first kappa shape index (κ1) is 22.6. The Morgan fingerprint density at radius 2 is 1.84 bits per heavy atom. The van der Waals surface area contributed by atoms with Crippen molar-refractivity contribution in [3.05, 3.63) is 53.3 Å². The van der Waals surface area contributed by atoms with Crippen LogP contribution in [0.2, 0.25) is 0 Å². The van der Waals surface area contributed by atoms with Crippen LogP contribution in [0.4, 0.5) is 4.39 Å². The molecule has 2 aromatic carbocycles. The van der Waals surface area contributed by atoms with Crippen LogP contribution >= 0.6 is 0 Å². The molecule has 0 radical (unpaired) electrons. The van der Waals surface area contributed by atoms with Gasteiger partial charge < -0.3 is 24.1 Å². The SMILES string of the molecule is COc1cc(Oc2ccc(C)c(F)c2)cc(C23CCC(CCOCC(=O)O)(CC2)CO3)c1. The van der Waals surface area contributed by atoms with Gasteiger partial charge in [-0.2, -0.15) is 0 Å². The summed E-state index contributed by atoms with van der Waals surface area (Å²) in [4.78, 5) is 10.6. The lowest BCUT2D eigenvalue weighted by molar-refractivity contribution is -0.194. The molecule has 2 bridgehead atoms. The molecule has 0 aromatic heterocycles. The number of rotatable bonds is 9. The standard InChI is InChI=1S/C25H29FO6/c1-17-3-4-19(14-22(17)26)32-21-12-18(11-20(13-21)29-2)25-7-5-24(6-8-25,16-31-25)9-10-30-15-23(27)28/h3-4,11-14H,5-10,15-16H2,1-2H3,(H,27,28). The normalized spacial score (nSPS) is 24.3. The molecule has 0 amide bonds. The van der Waals surface area contributed by atoms with E-state index in [4.69, 9.17) is 24.1 Å². The molecule has 0 unspecified atom stereocenters. The summed E-state index contributed by atoms with van der Waals surface area (Å²) in [5, 5.41) is 8.73. The molecule has 3 fully saturated rings. The van der Waals surface area contributed by atoms with Gasteiger partial charge in [0.15, 0.2) is 0 Å². The largest absolute Gasteiger partial charge is 0.497 e. The number of fused-ring (bicyclic) bond motifs is 3. The summed E-state index contributed by atoms with van der Waals surface area (Å²) in [6.45, 7) is 2.48. The number of ether oxygens (including phenoxy) is 4. The zero-order chi connectivity index (χ0) is 22.8. The van der Waals surface area contributed by atoms with E-state index in [0.717, 1.165) is 37.7 Å². The summed E-state index contributed by atoms with van der Waals surface area (Å²) in [7, 11) is 1.61. The van der Waals surface area contributed by atoms with Crippen molar-refractivity contribution < 1.29 is 33.2 Å². The van der Waals surface area contributed by atoms with E-state index >= 15 is 0 Å². The van der Waals surface area contributed by atoms with E-state index < -0.39 is 11.6 Å². The van der Waals surface area contributed by atoms with Gasteiger partial charge >= 0.3 is 5.97 Å². The van der Waals surface area contributed by atoms with Gasteiger partial charge in [-0.05, 0) is 73.8 Å². The van der Waals surface area contributed by atoms with Crippen LogP contribution in [0.1, 0.15) is 43.2 Å². The lowest BCUT2D eigenvalue weighted by Crippen LogP contribution is -2.49. The lowest BCUT2D eigenvalue weighted by atomic mass is 9.63. The van der Waals surface area contributed by atoms with E-state index in [9.17, 15) is 9.18 Å². The first-order valence-corrected chi connectivity index (χ1v) is 10.9. The highest BCUT2D eigenvalue weighted by atomic mass is 19.1. The van der Waals surface area contributed by atoms with Gasteiger partial charge in [-0.15, -0.1) is 0 Å². The zero-order valence-electron chi connectivity index (χ0n) is 18.5.